The molecule has 1 aromatic rings. The van der Waals surface area contributed by atoms with Crippen LogP contribution >= 0.6 is 24.0 Å². The Morgan fingerprint density at radius 1 is 1.10 bits per heavy atom. The van der Waals surface area contributed by atoms with Gasteiger partial charge in [-0.3, -0.25) is 19.6 Å². The third-order valence-corrected chi connectivity index (χ3v) is 6.61. The van der Waals surface area contributed by atoms with Crippen molar-refractivity contribution in [3.8, 4) is 0 Å². The fourth-order valence-electron chi connectivity index (χ4n) is 4.43. The predicted octanol–water partition coefficient (Wildman–Crippen LogP) is 0.930. The maximum absolute atomic E-state index is 12.4. The molecule has 2 aliphatic heterocycles. The average Bonchev–Trinajstić information content (AvgIpc) is 3.24. The zero-order valence-electron chi connectivity index (χ0n) is 18.5. The Labute approximate surface area is 202 Å². The van der Waals surface area contributed by atoms with E-state index in [2.05, 4.69) is 35.1 Å². The molecule has 3 fully saturated rings. The average molecular weight is 545 g/mol. The molecule has 0 aromatic carbocycles. The van der Waals surface area contributed by atoms with E-state index in [1.165, 1.54) is 6.42 Å². The van der Waals surface area contributed by atoms with Gasteiger partial charge in [-0.2, -0.15) is 0 Å². The molecule has 10 heteroatoms. The summed E-state index contributed by atoms with van der Waals surface area (Å²) in [4.78, 5) is 26.1. The molecule has 0 bridgehead atoms. The molecule has 2 saturated heterocycles. The molecule has 1 saturated carbocycles. The van der Waals surface area contributed by atoms with E-state index in [0.29, 0.717) is 11.8 Å². The maximum atomic E-state index is 12.4. The number of carbonyl (C=O) groups is 1. The lowest BCUT2D eigenvalue weighted by molar-refractivity contribution is -0.139. The number of rotatable bonds is 6. The van der Waals surface area contributed by atoms with E-state index < -0.39 is 0 Å². The zero-order chi connectivity index (χ0) is 20.8. The van der Waals surface area contributed by atoms with Crippen LogP contribution in [0.5, 0.6) is 0 Å². The van der Waals surface area contributed by atoms with E-state index >= 15 is 0 Å². The van der Waals surface area contributed by atoms with Gasteiger partial charge in [0.15, 0.2) is 5.96 Å². The molecule has 0 atom stereocenters. The molecule has 1 amide bonds. The fourth-order valence-corrected chi connectivity index (χ4v) is 4.43. The number of hydrogen-bond donors (Lipinski definition) is 1. The van der Waals surface area contributed by atoms with Crippen molar-refractivity contribution in [2.45, 2.75) is 25.8 Å². The Morgan fingerprint density at radius 2 is 1.77 bits per heavy atom. The van der Waals surface area contributed by atoms with Gasteiger partial charge in [-0.25, -0.2) is 0 Å². The molecule has 4 rings (SSSR count). The van der Waals surface area contributed by atoms with Crippen LogP contribution in [0.4, 0.5) is 0 Å². The molecule has 3 aliphatic rings. The van der Waals surface area contributed by atoms with Gasteiger partial charge in [0, 0.05) is 91.0 Å². The van der Waals surface area contributed by atoms with Crippen LogP contribution in [0.25, 0.3) is 0 Å². The lowest BCUT2D eigenvalue weighted by Crippen LogP contribution is -2.54. The standard InChI is InChI=1S/C21H35N7O2.HI/c1-22-21(28-14-10-26(11-15-28)17-19-5-16-30-24-19)23-6-7-25-8-12-27(13-9-25)20(29)18-3-2-4-18;/h5,16,18H,2-4,6-15,17H2,1H3,(H,22,23);1H. The number of guanidine groups is 1. The minimum absolute atomic E-state index is 0. The van der Waals surface area contributed by atoms with Crippen LogP contribution in [0.1, 0.15) is 25.0 Å². The topological polar surface area (TPSA) is 80.5 Å². The molecule has 1 aliphatic carbocycles. The summed E-state index contributed by atoms with van der Waals surface area (Å²) in [6.07, 6.45) is 5.04. The third kappa shape index (κ3) is 6.55. The molecule has 1 N–H and O–H groups in total. The molecule has 0 unspecified atom stereocenters. The van der Waals surface area contributed by atoms with Gasteiger partial charge < -0.3 is 19.6 Å². The van der Waals surface area contributed by atoms with E-state index in [1.54, 1.807) is 6.26 Å². The van der Waals surface area contributed by atoms with Crippen molar-refractivity contribution >= 4 is 35.8 Å². The minimum atomic E-state index is 0. The highest BCUT2D eigenvalue weighted by atomic mass is 127. The number of halogens is 1. The minimum Gasteiger partial charge on any atom is -0.364 e. The molecule has 9 nitrogen and oxygen atoms in total. The molecule has 174 valence electrons. The van der Waals surface area contributed by atoms with E-state index in [4.69, 9.17) is 4.52 Å². The number of aliphatic imine (C=N–C) groups is 1. The summed E-state index contributed by atoms with van der Waals surface area (Å²) in [6.45, 7) is 10.3. The summed E-state index contributed by atoms with van der Waals surface area (Å²) in [5.74, 6) is 1.69. The summed E-state index contributed by atoms with van der Waals surface area (Å²) in [6, 6.07) is 1.93. The molecule has 0 radical (unpaired) electrons. The highest BCUT2D eigenvalue weighted by Crippen LogP contribution is 2.28. The van der Waals surface area contributed by atoms with Gasteiger partial charge >= 0.3 is 0 Å². The van der Waals surface area contributed by atoms with Gasteiger partial charge in [0.25, 0.3) is 0 Å². The Kier molecular flexibility index (Phi) is 9.39. The van der Waals surface area contributed by atoms with E-state index in [-0.39, 0.29) is 24.0 Å². The number of aromatic nitrogens is 1. The fraction of sp³-hybridized carbons (Fsp3) is 0.762. The molecular weight excluding hydrogens is 509 g/mol. The summed E-state index contributed by atoms with van der Waals surface area (Å²) < 4.78 is 4.92. The Bertz CT molecular complexity index is 695. The van der Waals surface area contributed by atoms with E-state index in [9.17, 15) is 4.79 Å². The van der Waals surface area contributed by atoms with Crippen LogP contribution in [0.15, 0.2) is 21.8 Å². The predicted molar refractivity (Wildman–Crippen MR) is 130 cm³/mol. The summed E-state index contributed by atoms with van der Waals surface area (Å²) in [5.41, 5.74) is 0.987. The molecule has 31 heavy (non-hydrogen) atoms. The number of nitrogens with zero attached hydrogens (tertiary/aromatic N) is 6. The second kappa shape index (κ2) is 12.0. The van der Waals surface area contributed by atoms with Gasteiger partial charge in [0.2, 0.25) is 5.91 Å². The first-order valence-electron chi connectivity index (χ1n) is 11.3. The van der Waals surface area contributed by atoms with E-state index in [1.807, 2.05) is 13.1 Å². The zero-order valence-corrected chi connectivity index (χ0v) is 20.9. The first-order chi connectivity index (χ1) is 14.7. The van der Waals surface area contributed by atoms with Crippen molar-refractivity contribution in [2.75, 3.05) is 72.5 Å². The van der Waals surface area contributed by atoms with Crippen molar-refractivity contribution in [1.29, 1.82) is 0 Å². The number of carbonyl (C=O) groups excluding carboxylic acids is 1. The Morgan fingerprint density at radius 3 is 2.35 bits per heavy atom. The van der Waals surface area contributed by atoms with Crippen LogP contribution in [-0.2, 0) is 11.3 Å². The SMILES string of the molecule is CN=C(NCCN1CCN(C(=O)C2CCC2)CC1)N1CCN(Cc2ccon2)CC1.I. The highest BCUT2D eigenvalue weighted by molar-refractivity contribution is 14.0. The molecule has 0 spiro atoms. The number of piperazine rings is 2. The van der Waals surface area contributed by atoms with Gasteiger partial charge in [0.05, 0.1) is 5.69 Å². The first kappa shape index (κ1) is 24.2. The second-order valence-electron chi connectivity index (χ2n) is 8.52. The van der Waals surface area contributed by atoms with Gasteiger partial charge in [-0.05, 0) is 12.8 Å². The lowest BCUT2D eigenvalue weighted by Gasteiger charge is -2.38. The van der Waals surface area contributed by atoms with Crippen LogP contribution in [0.3, 0.4) is 0 Å². The second-order valence-corrected chi connectivity index (χ2v) is 8.52. The van der Waals surface area contributed by atoms with Crippen molar-refractivity contribution in [3.05, 3.63) is 18.0 Å². The summed E-state index contributed by atoms with van der Waals surface area (Å²) >= 11 is 0. The normalized spacial score (nSPS) is 21.5. The Balaban J connectivity index is 0.00000272. The number of hydrogen-bond acceptors (Lipinski definition) is 6. The van der Waals surface area contributed by atoms with E-state index in [0.717, 1.165) is 96.5 Å². The smallest absolute Gasteiger partial charge is 0.225 e. The van der Waals surface area contributed by atoms with Crippen molar-refractivity contribution in [2.24, 2.45) is 10.9 Å². The van der Waals surface area contributed by atoms with Crippen molar-refractivity contribution in [3.63, 3.8) is 0 Å². The highest BCUT2D eigenvalue weighted by Gasteiger charge is 2.31. The largest absolute Gasteiger partial charge is 0.364 e. The first-order valence-corrected chi connectivity index (χ1v) is 11.3. The van der Waals surface area contributed by atoms with Crippen LogP contribution in [0.2, 0.25) is 0 Å². The van der Waals surface area contributed by atoms with Crippen LogP contribution < -0.4 is 5.32 Å². The number of amides is 1. The maximum Gasteiger partial charge on any atom is 0.225 e. The molecular formula is C21H36IN7O2. The summed E-state index contributed by atoms with van der Waals surface area (Å²) in [5, 5.41) is 7.53. The van der Waals surface area contributed by atoms with Gasteiger partial charge in [-0.1, -0.05) is 11.6 Å². The Hall–Kier alpha value is -1.40. The van der Waals surface area contributed by atoms with Crippen molar-refractivity contribution < 1.29 is 9.32 Å². The molecule has 1 aromatic heterocycles. The quantitative estimate of drug-likeness (QED) is 0.324. The van der Waals surface area contributed by atoms with Gasteiger partial charge in [0.1, 0.15) is 6.26 Å². The van der Waals surface area contributed by atoms with Crippen LogP contribution in [-0.4, -0.2) is 109 Å². The summed E-state index contributed by atoms with van der Waals surface area (Å²) in [7, 11) is 1.86. The van der Waals surface area contributed by atoms with Gasteiger partial charge in [-0.15, -0.1) is 24.0 Å². The van der Waals surface area contributed by atoms with Crippen molar-refractivity contribution in [1.82, 2.24) is 30.1 Å². The lowest BCUT2D eigenvalue weighted by atomic mass is 9.84. The number of nitrogens with one attached hydrogen (secondary N) is 1. The monoisotopic (exact) mass is 545 g/mol. The molecule has 3 heterocycles. The third-order valence-electron chi connectivity index (χ3n) is 6.61. The van der Waals surface area contributed by atoms with Crippen LogP contribution in [0, 0.1) is 5.92 Å².